The van der Waals surface area contributed by atoms with Gasteiger partial charge in [0.2, 0.25) is 5.62 Å². The molecule has 2 aliphatic rings. The molecule has 1 saturated heterocycles. The number of hydrogen-bond acceptors (Lipinski definition) is 6. The number of rotatable bonds is 6. The van der Waals surface area contributed by atoms with Crippen molar-refractivity contribution in [2.45, 2.75) is 51.4 Å². The van der Waals surface area contributed by atoms with Gasteiger partial charge in [-0.3, -0.25) is 24.2 Å². The third-order valence-electron chi connectivity index (χ3n) is 7.23. The highest BCUT2D eigenvalue weighted by molar-refractivity contribution is 5.62. The summed E-state index contributed by atoms with van der Waals surface area (Å²) in [6, 6.07) is 14.9. The van der Waals surface area contributed by atoms with Gasteiger partial charge in [0.25, 0.3) is 5.56 Å². The van der Waals surface area contributed by atoms with E-state index in [4.69, 9.17) is 5.41 Å². The smallest absolute Gasteiger partial charge is 0.267 e. The molecule has 2 aliphatic heterocycles. The Balaban J connectivity index is 1.53. The number of nitrogens with one attached hydrogen (secondary N) is 3. The molecule has 0 amide bonds. The van der Waals surface area contributed by atoms with E-state index in [9.17, 15) is 9.18 Å². The lowest BCUT2D eigenvalue weighted by molar-refractivity contribution is 0.317. The van der Waals surface area contributed by atoms with Crippen molar-refractivity contribution in [2.75, 3.05) is 18.9 Å². The SMILES string of the molecule is CN1CCCC1c1ccc(CN/C(Nc2ccc(F)cc2)=c2/c(=O)n(C)c3n(c2=N)CC(C)(C)N=3)cc1. The van der Waals surface area contributed by atoms with Crippen LogP contribution in [0.5, 0.6) is 0 Å². The molecule has 0 radical (unpaired) electrons. The molecule has 1 unspecified atom stereocenters. The van der Waals surface area contributed by atoms with Crippen molar-refractivity contribution >= 4 is 11.5 Å². The van der Waals surface area contributed by atoms with E-state index in [2.05, 4.69) is 51.8 Å². The van der Waals surface area contributed by atoms with Crippen LogP contribution in [0.4, 0.5) is 10.1 Å². The lowest BCUT2D eigenvalue weighted by Crippen LogP contribution is -2.59. The van der Waals surface area contributed by atoms with Crippen molar-refractivity contribution in [1.29, 1.82) is 5.41 Å². The van der Waals surface area contributed by atoms with Gasteiger partial charge in [-0.1, -0.05) is 24.3 Å². The predicted octanol–water partition coefficient (Wildman–Crippen LogP) is 1.95. The monoisotopic (exact) mass is 503 g/mol. The van der Waals surface area contributed by atoms with Crippen LogP contribution in [-0.2, 0) is 20.1 Å². The minimum absolute atomic E-state index is 0.0872. The first-order chi connectivity index (χ1) is 17.6. The molecule has 5 rings (SSSR count). The van der Waals surface area contributed by atoms with Crippen LogP contribution in [0.3, 0.4) is 0 Å². The molecule has 0 saturated carbocycles. The molecule has 3 heterocycles. The molecule has 3 N–H and O–H groups in total. The molecule has 1 fully saturated rings. The number of likely N-dealkylation sites (tertiary alicyclic amines) is 1. The van der Waals surface area contributed by atoms with Crippen LogP contribution in [0.15, 0.2) is 58.3 Å². The van der Waals surface area contributed by atoms with Gasteiger partial charge in [-0.05, 0) is 75.7 Å². The summed E-state index contributed by atoms with van der Waals surface area (Å²) in [7, 11) is 3.84. The summed E-state index contributed by atoms with van der Waals surface area (Å²) in [5, 5.41) is 15.7. The minimum Gasteiger partial charge on any atom is -0.367 e. The van der Waals surface area contributed by atoms with E-state index in [-0.39, 0.29) is 22.1 Å². The average Bonchev–Trinajstić information content (AvgIpc) is 3.45. The first-order valence-electron chi connectivity index (χ1n) is 12.7. The first kappa shape index (κ1) is 25.0. The molecule has 1 atom stereocenters. The topological polar surface area (TPSA) is 90.4 Å². The average molecular weight is 504 g/mol. The Morgan fingerprint density at radius 3 is 2.49 bits per heavy atom. The molecular formula is C28H34FN7O. The summed E-state index contributed by atoms with van der Waals surface area (Å²) < 4.78 is 16.8. The van der Waals surface area contributed by atoms with Crippen LogP contribution in [0.2, 0.25) is 0 Å². The lowest BCUT2D eigenvalue weighted by Gasteiger charge is -2.20. The van der Waals surface area contributed by atoms with Crippen LogP contribution in [0, 0.1) is 11.2 Å². The molecule has 1 aromatic heterocycles. The number of halogens is 1. The van der Waals surface area contributed by atoms with E-state index in [1.165, 1.54) is 35.1 Å². The van der Waals surface area contributed by atoms with E-state index in [0.717, 1.165) is 12.1 Å². The Morgan fingerprint density at radius 2 is 1.84 bits per heavy atom. The summed E-state index contributed by atoms with van der Waals surface area (Å²) in [4.78, 5) is 20.5. The molecule has 3 aromatic rings. The molecule has 9 heteroatoms. The Bertz CT molecular complexity index is 1550. The second kappa shape index (κ2) is 9.63. The summed E-state index contributed by atoms with van der Waals surface area (Å²) in [6.07, 6.45) is 2.38. The quantitative estimate of drug-likeness (QED) is 0.480. The first-order valence-corrected chi connectivity index (χ1v) is 12.7. The maximum atomic E-state index is 13.5. The third kappa shape index (κ3) is 4.96. The van der Waals surface area contributed by atoms with Crippen LogP contribution >= 0.6 is 0 Å². The van der Waals surface area contributed by atoms with Crippen molar-refractivity contribution in [3.8, 4) is 0 Å². The van der Waals surface area contributed by atoms with Gasteiger partial charge in [-0.15, -0.1) is 0 Å². The van der Waals surface area contributed by atoms with Gasteiger partial charge in [-0.25, -0.2) is 9.38 Å². The van der Waals surface area contributed by atoms with Crippen molar-refractivity contribution in [3.63, 3.8) is 0 Å². The molecule has 37 heavy (non-hydrogen) atoms. The van der Waals surface area contributed by atoms with Crippen molar-refractivity contribution < 1.29 is 4.39 Å². The highest BCUT2D eigenvalue weighted by atomic mass is 19.1. The molecule has 0 spiro atoms. The molecule has 2 aromatic carbocycles. The van der Waals surface area contributed by atoms with Crippen molar-refractivity contribution in [3.05, 3.63) is 92.2 Å². The highest BCUT2D eigenvalue weighted by Crippen LogP contribution is 2.30. The van der Waals surface area contributed by atoms with Gasteiger partial charge in [0, 0.05) is 25.3 Å². The third-order valence-corrected chi connectivity index (χ3v) is 7.23. The number of anilines is 1. The zero-order chi connectivity index (χ0) is 26.3. The van der Waals surface area contributed by atoms with Gasteiger partial charge < -0.3 is 10.6 Å². The lowest BCUT2D eigenvalue weighted by atomic mass is 10.0. The van der Waals surface area contributed by atoms with E-state index < -0.39 is 5.54 Å². The number of hydrogen-bond donors (Lipinski definition) is 3. The van der Waals surface area contributed by atoms with E-state index in [1.807, 2.05) is 13.8 Å². The normalized spacial score (nSPS) is 19.3. The minimum atomic E-state index is -0.404. The molecule has 194 valence electrons. The fourth-order valence-corrected chi connectivity index (χ4v) is 5.23. The van der Waals surface area contributed by atoms with Gasteiger partial charge in [-0.2, -0.15) is 0 Å². The van der Waals surface area contributed by atoms with E-state index in [1.54, 1.807) is 23.7 Å². The van der Waals surface area contributed by atoms with Crippen molar-refractivity contribution in [1.82, 2.24) is 19.4 Å². The van der Waals surface area contributed by atoms with Crippen LogP contribution in [0.1, 0.15) is 43.9 Å². The summed E-state index contributed by atoms with van der Waals surface area (Å²) >= 11 is 0. The summed E-state index contributed by atoms with van der Waals surface area (Å²) in [6.45, 7) is 6.04. The van der Waals surface area contributed by atoms with E-state index in [0.29, 0.717) is 36.3 Å². The van der Waals surface area contributed by atoms with E-state index >= 15 is 0 Å². The molecule has 8 nitrogen and oxygen atoms in total. The van der Waals surface area contributed by atoms with Crippen LogP contribution in [0.25, 0.3) is 5.82 Å². The van der Waals surface area contributed by atoms with Crippen LogP contribution < -0.4 is 32.5 Å². The maximum Gasteiger partial charge on any atom is 0.267 e. The highest BCUT2D eigenvalue weighted by Gasteiger charge is 2.26. The fraction of sp³-hybridized carbons (Fsp3) is 0.393. The Morgan fingerprint density at radius 1 is 1.14 bits per heavy atom. The molecular weight excluding hydrogens is 469 g/mol. The number of nitrogens with zero attached hydrogens (tertiary/aromatic N) is 4. The van der Waals surface area contributed by atoms with Gasteiger partial charge in [0.15, 0.2) is 0 Å². The van der Waals surface area contributed by atoms with Gasteiger partial charge >= 0.3 is 0 Å². The Hall–Kier alpha value is -3.72. The largest absolute Gasteiger partial charge is 0.367 e. The standard InChI is InChI=1S/C28H34FN7O/c1-28(2)17-36-24(30)23(26(37)35(4)27(36)33-28)25(32-21-13-11-20(29)12-14-21)31-16-18-7-9-19(10-8-18)22-6-5-15-34(22)3/h7-14,22,30-32H,5-6,15-17H2,1-4H3/b25-23-,30-24?. The maximum absolute atomic E-state index is 13.5. The zero-order valence-corrected chi connectivity index (χ0v) is 21.8. The second-order valence-electron chi connectivity index (χ2n) is 10.6. The van der Waals surface area contributed by atoms with Crippen molar-refractivity contribution in [2.24, 2.45) is 12.0 Å². The number of benzene rings is 2. The Kier molecular flexibility index (Phi) is 6.49. The number of aromatic nitrogens is 2. The van der Waals surface area contributed by atoms with Gasteiger partial charge in [0.1, 0.15) is 22.3 Å². The summed E-state index contributed by atoms with van der Waals surface area (Å²) in [5.74, 6) is 0.0545. The van der Waals surface area contributed by atoms with Gasteiger partial charge in [0.05, 0.1) is 12.1 Å². The fourth-order valence-electron chi connectivity index (χ4n) is 5.23. The molecule has 0 aliphatic carbocycles. The molecule has 0 bridgehead atoms. The number of fused-ring (bicyclic) bond motifs is 1. The summed E-state index contributed by atoms with van der Waals surface area (Å²) in [5.41, 5.74) is 2.81. The zero-order valence-electron chi connectivity index (χ0n) is 21.8. The second-order valence-corrected chi connectivity index (χ2v) is 10.6. The van der Waals surface area contributed by atoms with Crippen LogP contribution in [-0.4, -0.2) is 33.2 Å². The predicted molar refractivity (Wildman–Crippen MR) is 142 cm³/mol. The Labute approximate surface area is 215 Å².